The number of nitrogens with zero attached hydrogens (tertiary/aromatic N) is 2. The number of methoxy groups -OCH3 is 1. The highest BCUT2D eigenvalue weighted by Crippen LogP contribution is 2.14. The smallest absolute Gasteiger partial charge is 0.141 e. The van der Waals surface area contributed by atoms with Crippen LogP contribution in [-0.4, -0.2) is 32.3 Å². The molecule has 1 rings (SSSR count). The summed E-state index contributed by atoms with van der Waals surface area (Å²) in [5, 5.41) is 0. The highest BCUT2D eigenvalue weighted by molar-refractivity contribution is 5.52. The average Bonchev–Trinajstić information content (AvgIpc) is 2.26. The Kier molecular flexibility index (Phi) is 4.15. The van der Waals surface area contributed by atoms with Crippen molar-refractivity contribution >= 4 is 11.5 Å². The van der Waals surface area contributed by atoms with Crippen LogP contribution in [0.3, 0.4) is 0 Å². The van der Waals surface area contributed by atoms with Gasteiger partial charge >= 0.3 is 0 Å². The number of hydrazine groups is 1. The van der Waals surface area contributed by atoms with E-state index < -0.39 is 0 Å². The van der Waals surface area contributed by atoms with Crippen LogP contribution in [0.1, 0.15) is 0 Å². The van der Waals surface area contributed by atoms with Crippen molar-refractivity contribution in [3.8, 4) is 0 Å². The van der Waals surface area contributed by atoms with Crippen molar-refractivity contribution in [3.63, 3.8) is 0 Å². The summed E-state index contributed by atoms with van der Waals surface area (Å²) in [4.78, 5) is 6.10. The lowest BCUT2D eigenvalue weighted by molar-refractivity contribution is 0.206. The van der Waals surface area contributed by atoms with Gasteiger partial charge in [0.15, 0.2) is 0 Å². The summed E-state index contributed by atoms with van der Waals surface area (Å²) in [6, 6.07) is 3.81. The number of ether oxygens (including phenoxy) is 1. The maximum atomic E-state index is 5.26. The molecule has 0 atom stereocenters. The molecule has 0 bridgehead atoms. The van der Waals surface area contributed by atoms with Crippen LogP contribution in [0, 0.1) is 0 Å². The molecule has 1 aromatic rings. The summed E-state index contributed by atoms with van der Waals surface area (Å²) in [6.07, 6.45) is 1.72. The number of hydrogen-bond donors (Lipinski definition) is 2. The van der Waals surface area contributed by atoms with Crippen molar-refractivity contribution in [2.75, 3.05) is 37.6 Å². The Morgan fingerprint density at radius 3 is 3.07 bits per heavy atom. The van der Waals surface area contributed by atoms with Crippen molar-refractivity contribution in [2.24, 2.45) is 5.84 Å². The Morgan fingerprint density at radius 2 is 2.43 bits per heavy atom. The molecule has 0 saturated heterocycles. The number of rotatable bonds is 5. The van der Waals surface area contributed by atoms with Gasteiger partial charge in [-0.05, 0) is 6.07 Å². The van der Waals surface area contributed by atoms with Crippen molar-refractivity contribution in [2.45, 2.75) is 0 Å². The quantitative estimate of drug-likeness (QED) is 0.529. The van der Waals surface area contributed by atoms with Gasteiger partial charge in [-0.3, -0.25) is 0 Å². The molecule has 0 aliphatic rings. The van der Waals surface area contributed by atoms with Gasteiger partial charge in [0.05, 0.1) is 6.61 Å². The topological polar surface area (TPSA) is 63.4 Å². The molecule has 0 unspecified atom stereocenters. The van der Waals surface area contributed by atoms with Gasteiger partial charge in [0.25, 0.3) is 0 Å². The zero-order valence-corrected chi connectivity index (χ0v) is 8.53. The van der Waals surface area contributed by atoms with Gasteiger partial charge in [-0.1, -0.05) is 0 Å². The monoisotopic (exact) mass is 196 g/mol. The number of likely N-dealkylation sites (N-methyl/N-ethyl adjacent to an activating group) is 1. The third-order valence-corrected chi connectivity index (χ3v) is 1.96. The Balaban J connectivity index is 2.64. The summed E-state index contributed by atoms with van der Waals surface area (Å²) in [7, 11) is 3.68. The third kappa shape index (κ3) is 2.86. The molecule has 5 heteroatoms. The average molecular weight is 196 g/mol. The minimum absolute atomic E-state index is 0.659. The largest absolute Gasteiger partial charge is 0.383 e. The molecular weight excluding hydrogens is 180 g/mol. The number of nitrogen functional groups attached to an aromatic ring is 1. The maximum Gasteiger partial charge on any atom is 0.141 e. The summed E-state index contributed by atoms with van der Waals surface area (Å²) < 4.78 is 4.99. The number of pyridine rings is 1. The lowest BCUT2D eigenvalue weighted by Gasteiger charge is -2.18. The zero-order chi connectivity index (χ0) is 10.4. The SMILES string of the molecule is COCCN(C)c1ccnc(NN)c1. The molecule has 3 N–H and O–H groups in total. The van der Waals surface area contributed by atoms with Crippen molar-refractivity contribution in [1.29, 1.82) is 0 Å². The van der Waals surface area contributed by atoms with E-state index in [0.29, 0.717) is 12.4 Å². The fourth-order valence-electron chi connectivity index (χ4n) is 1.09. The molecule has 0 radical (unpaired) electrons. The Labute approximate surface area is 83.8 Å². The van der Waals surface area contributed by atoms with E-state index in [1.807, 2.05) is 19.2 Å². The first-order chi connectivity index (χ1) is 6.77. The van der Waals surface area contributed by atoms with Crippen LogP contribution in [0.15, 0.2) is 18.3 Å². The van der Waals surface area contributed by atoms with E-state index >= 15 is 0 Å². The van der Waals surface area contributed by atoms with Gasteiger partial charge in [0.2, 0.25) is 0 Å². The Morgan fingerprint density at radius 1 is 1.64 bits per heavy atom. The van der Waals surface area contributed by atoms with E-state index in [-0.39, 0.29) is 0 Å². The first-order valence-corrected chi connectivity index (χ1v) is 4.40. The highest BCUT2D eigenvalue weighted by atomic mass is 16.5. The van der Waals surface area contributed by atoms with Gasteiger partial charge in [-0.25, -0.2) is 10.8 Å². The van der Waals surface area contributed by atoms with Crippen LogP contribution in [-0.2, 0) is 4.74 Å². The molecule has 0 saturated carbocycles. The Bertz CT molecular complexity index is 279. The lowest BCUT2D eigenvalue weighted by atomic mass is 10.3. The van der Waals surface area contributed by atoms with Gasteiger partial charge in [-0.2, -0.15) is 0 Å². The van der Waals surface area contributed by atoms with Crippen LogP contribution < -0.4 is 16.2 Å². The second-order valence-corrected chi connectivity index (χ2v) is 2.96. The fourth-order valence-corrected chi connectivity index (χ4v) is 1.09. The predicted molar refractivity (Wildman–Crippen MR) is 57.2 cm³/mol. The molecule has 14 heavy (non-hydrogen) atoms. The molecule has 1 heterocycles. The minimum atomic E-state index is 0.659. The molecule has 0 aliphatic carbocycles. The lowest BCUT2D eigenvalue weighted by Crippen LogP contribution is -2.22. The zero-order valence-electron chi connectivity index (χ0n) is 8.53. The molecular formula is C9H16N4O. The van der Waals surface area contributed by atoms with Crippen LogP contribution in [0.4, 0.5) is 11.5 Å². The molecule has 5 nitrogen and oxygen atoms in total. The van der Waals surface area contributed by atoms with Crippen molar-refractivity contribution < 1.29 is 4.74 Å². The van der Waals surface area contributed by atoms with Crippen LogP contribution in [0.2, 0.25) is 0 Å². The standard InChI is InChI=1S/C9H16N4O/c1-13(5-6-14-2)8-3-4-11-9(7-8)12-10/h3-4,7H,5-6,10H2,1-2H3,(H,11,12). The number of aromatic nitrogens is 1. The third-order valence-electron chi connectivity index (χ3n) is 1.96. The maximum absolute atomic E-state index is 5.26. The van der Waals surface area contributed by atoms with E-state index in [2.05, 4.69) is 15.3 Å². The number of anilines is 2. The molecule has 0 amide bonds. The molecule has 78 valence electrons. The molecule has 0 fully saturated rings. The van der Waals surface area contributed by atoms with Crippen molar-refractivity contribution in [3.05, 3.63) is 18.3 Å². The number of nitrogens with two attached hydrogens (primary N) is 1. The van der Waals surface area contributed by atoms with E-state index in [0.717, 1.165) is 12.2 Å². The van der Waals surface area contributed by atoms with E-state index in [1.165, 1.54) is 0 Å². The fraction of sp³-hybridized carbons (Fsp3) is 0.444. The number of nitrogens with one attached hydrogen (secondary N) is 1. The summed E-state index contributed by atoms with van der Waals surface area (Å²) >= 11 is 0. The normalized spacial score (nSPS) is 9.93. The summed E-state index contributed by atoms with van der Waals surface area (Å²) in [5.41, 5.74) is 3.57. The van der Waals surface area contributed by atoms with E-state index in [9.17, 15) is 0 Å². The van der Waals surface area contributed by atoms with Gasteiger partial charge < -0.3 is 15.1 Å². The molecule has 1 aromatic heterocycles. The summed E-state index contributed by atoms with van der Waals surface area (Å²) in [6.45, 7) is 1.54. The Hall–Kier alpha value is -1.33. The summed E-state index contributed by atoms with van der Waals surface area (Å²) in [5.74, 6) is 5.92. The predicted octanol–water partition coefficient (Wildman–Crippen LogP) is 0.450. The molecule has 0 aromatic carbocycles. The van der Waals surface area contributed by atoms with Gasteiger partial charge in [0.1, 0.15) is 5.82 Å². The molecule has 0 spiro atoms. The van der Waals surface area contributed by atoms with Crippen LogP contribution in [0.25, 0.3) is 0 Å². The van der Waals surface area contributed by atoms with Gasteiger partial charge in [0, 0.05) is 38.7 Å². The van der Waals surface area contributed by atoms with E-state index in [1.54, 1.807) is 13.3 Å². The minimum Gasteiger partial charge on any atom is -0.383 e. The number of hydrogen-bond acceptors (Lipinski definition) is 5. The molecule has 0 aliphatic heterocycles. The van der Waals surface area contributed by atoms with Crippen molar-refractivity contribution in [1.82, 2.24) is 4.98 Å². The first-order valence-electron chi connectivity index (χ1n) is 4.40. The van der Waals surface area contributed by atoms with E-state index in [4.69, 9.17) is 10.6 Å². The van der Waals surface area contributed by atoms with Gasteiger partial charge in [-0.15, -0.1) is 0 Å². The van der Waals surface area contributed by atoms with Crippen LogP contribution >= 0.6 is 0 Å². The van der Waals surface area contributed by atoms with Crippen LogP contribution in [0.5, 0.6) is 0 Å². The second-order valence-electron chi connectivity index (χ2n) is 2.96. The highest BCUT2D eigenvalue weighted by Gasteiger charge is 2.01. The second kappa shape index (κ2) is 5.41. The first kappa shape index (κ1) is 10.7.